The van der Waals surface area contributed by atoms with Crippen molar-refractivity contribution in [2.75, 3.05) is 0 Å². The number of fused-ring (bicyclic) bond motifs is 9. The molecule has 210 valence electrons. The smallest absolute Gasteiger partial charge is 0.241 e. The molecule has 0 saturated carbocycles. The molecule has 10 rings (SSSR count). The number of hydrogen-bond acceptors (Lipinski definition) is 9. The normalized spacial score (nSPS) is 12.0. The lowest BCUT2D eigenvalue weighted by Crippen LogP contribution is -2.13. The van der Waals surface area contributed by atoms with Crippen LogP contribution in [-0.4, -0.2) is 58.6 Å². The van der Waals surface area contributed by atoms with Crippen molar-refractivity contribution in [1.29, 1.82) is 0 Å². The predicted octanol–water partition coefficient (Wildman–Crippen LogP) is 5.53. The van der Waals surface area contributed by atoms with Gasteiger partial charge in [-0.3, -0.25) is 43.6 Å². The summed E-state index contributed by atoms with van der Waals surface area (Å²) in [5.41, 5.74) is 5.43. The molecule has 0 aromatic carbocycles. The Morgan fingerprint density at radius 3 is 0.689 bits per heavy atom. The summed E-state index contributed by atoms with van der Waals surface area (Å²) in [5.74, 6) is 1.34. The molecule has 0 saturated heterocycles. The van der Waals surface area contributed by atoms with Gasteiger partial charge in [-0.25, -0.2) is 0 Å². The molecule has 0 bridgehead atoms. The molecular weight excluding hydrogens is 564 g/mol. The molecule has 0 atom stereocenters. The first kappa shape index (κ1) is 23.8. The SMILES string of the molecule is c1cc2c(cn1)c1cnccc1n2-c1nc(-n2c3ccncc3c3cnccc32)nc(-n2c3ccncc3c3cnccc32)n1. The number of aromatic nitrogens is 12. The van der Waals surface area contributed by atoms with Crippen LogP contribution in [0.4, 0.5) is 0 Å². The van der Waals surface area contributed by atoms with Crippen molar-refractivity contribution >= 4 is 65.4 Å². The van der Waals surface area contributed by atoms with E-state index in [2.05, 4.69) is 29.9 Å². The van der Waals surface area contributed by atoms with Gasteiger partial charge in [0.1, 0.15) is 0 Å². The molecule has 0 spiro atoms. The largest absolute Gasteiger partial charge is 0.277 e. The molecule has 12 heteroatoms. The second-order valence-electron chi connectivity index (χ2n) is 10.6. The summed E-state index contributed by atoms with van der Waals surface area (Å²) in [6.07, 6.45) is 21.7. The number of hydrogen-bond donors (Lipinski definition) is 0. The van der Waals surface area contributed by atoms with Crippen molar-refractivity contribution in [3.63, 3.8) is 0 Å². The van der Waals surface area contributed by atoms with Crippen LogP contribution in [0.1, 0.15) is 0 Å². The summed E-state index contributed by atoms with van der Waals surface area (Å²) in [7, 11) is 0. The van der Waals surface area contributed by atoms with Crippen molar-refractivity contribution in [2.45, 2.75) is 0 Å². The Kier molecular flexibility index (Phi) is 4.72. The predicted molar refractivity (Wildman–Crippen MR) is 170 cm³/mol. The molecule has 0 unspecified atom stereocenters. The average molecular weight is 583 g/mol. The van der Waals surface area contributed by atoms with E-state index in [1.54, 1.807) is 37.2 Å². The van der Waals surface area contributed by atoms with Gasteiger partial charge in [-0.05, 0) is 36.4 Å². The molecule has 0 radical (unpaired) electrons. The average Bonchev–Trinajstić information content (AvgIpc) is 3.74. The molecule has 10 aromatic heterocycles. The van der Waals surface area contributed by atoms with Gasteiger partial charge in [0.2, 0.25) is 17.8 Å². The van der Waals surface area contributed by atoms with Gasteiger partial charge in [-0.1, -0.05) is 0 Å². The zero-order valence-electron chi connectivity index (χ0n) is 23.3. The summed E-state index contributed by atoms with van der Waals surface area (Å²) in [6, 6.07) is 11.8. The van der Waals surface area contributed by atoms with Crippen LogP contribution >= 0.6 is 0 Å². The molecule has 0 N–H and O–H groups in total. The van der Waals surface area contributed by atoms with E-state index in [0.717, 1.165) is 65.4 Å². The molecule has 45 heavy (non-hydrogen) atoms. The Balaban J connectivity index is 1.38. The standard InChI is InChI=1S/C33H18N12/c1-7-34-13-19-20-14-35-8-2-26(20)43(25(1)19)31-40-32(44-27-3-9-36-15-21(27)22-16-37-10-4-28(22)44)42-33(41-31)45-29-5-11-38-17-23(29)24-18-39-12-6-30(24)45/h1-18H. The molecule has 10 heterocycles. The second kappa shape index (κ2) is 8.91. The van der Waals surface area contributed by atoms with Crippen LogP contribution in [0.2, 0.25) is 0 Å². The minimum Gasteiger partial charge on any atom is -0.277 e. The molecule has 0 fully saturated rings. The summed E-state index contributed by atoms with van der Waals surface area (Å²) >= 11 is 0. The summed E-state index contributed by atoms with van der Waals surface area (Å²) in [6.45, 7) is 0. The first-order valence-corrected chi connectivity index (χ1v) is 14.2. The van der Waals surface area contributed by atoms with Crippen molar-refractivity contribution in [3.05, 3.63) is 111 Å². The highest BCUT2D eigenvalue weighted by Crippen LogP contribution is 2.34. The highest BCUT2D eigenvalue weighted by atomic mass is 15.3. The topological polar surface area (TPSA) is 131 Å². The van der Waals surface area contributed by atoms with E-state index in [1.807, 2.05) is 87.3 Å². The van der Waals surface area contributed by atoms with E-state index in [1.165, 1.54) is 0 Å². The number of nitrogens with zero attached hydrogens (tertiary/aromatic N) is 12. The summed E-state index contributed by atoms with van der Waals surface area (Å²) in [4.78, 5) is 41.9. The highest BCUT2D eigenvalue weighted by molar-refractivity contribution is 6.10. The van der Waals surface area contributed by atoms with Crippen LogP contribution in [0.15, 0.2) is 111 Å². The van der Waals surface area contributed by atoms with Gasteiger partial charge in [0, 0.05) is 107 Å². The molecule has 0 aliphatic carbocycles. The fourth-order valence-corrected chi connectivity index (χ4v) is 6.42. The summed E-state index contributed by atoms with van der Waals surface area (Å²) in [5, 5.41) is 5.71. The Hall–Kier alpha value is -6.69. The van der Waals surface area contributed by atoms with E-state index >= 15 is 0 Å². The third-order valence-electron chi connectivity index (χ3n) is 8.30. The first-order chi connectivity index (χ1) is 22.3. The lowest BCUT2D eigenvalue weighted by molar-refractivity contribution is 0.847. The maximum absolute atomic E-state index is 5.17. The highest BCUT2D eigenvalue weighted by Gasteiger charge is 2.22. The zero-order chi connectivity index (χ0) is 29.5. The second-order valence-corrected chi connectivity index (χ2v) is 10.6. The molecule has 0 amide bonds. The molecule has 12 nitrogen and oxygen atoms in total. The quantitative estimate of drug-likeness (QED) is 0.264. The summed E-state index contributed by atoms with van der Waals surface area (Å²) < 4.78 is 6.12. The minimum absolute atomic E-state index is 0.448. The van der Waals surface area contributed by atoms with Crippen LogP contribution < -0.4 is 0 Å². The van der Waals surface area contributed by atoms with E-state index in [0.29, 0.717) is 17.8 Å². The third-order valence-corrected chi connectivity index (χ3v) is 8.30. The van der Waals surface area contributed by atoms with Crippen molar-refractivity contribution in [1.82, 2.24) is 58.6 Å². The van der Waals surface area contributed by atoms with E-state index in [-0.39, 0.29) is 0 Å². The molecule has 0 aliphatic rings. The monoisotopic (exact) mass is 582 g/mol. The van der Waals surface area contributed by atoms with E-state index in [9.17, 15) is 0 Å². The molecule has 0 aliphatic heterocycles. The lowest BCUT2D eigenvalue weighted by Gasteiger charge is -2.13. The van der Waals surface area contributed by atoms with E-state index in [4.69, 9.17) is 15.0 Å². The van der Waals surface area contributed by atoms with Gasteiger partial charge in [0.15, 0.2) is 0 Å². The minimum atomic E-state index is 0.448. The maximum Gasteiger partial charge on any atom is 0.241 e. The van der Waals surface area contributed by atoms with Gasteiger partial charge < -0.3 is 0 Å². The van der Waals surface area contributed by atoms with Crippen LogP contribution in [0.5, 0.6) is 0 Å². The number of rotatable bonds is 3. The van der Waals surface area contributed by atoms with Crippen molar-refractivity contribution in [2.24, 2.45) is 0 Å². The van der Waals surface area contributed by atoms with Crippen molar-refractivity contribution < 1.29 is 0 Å². The first-order valence-electron chi connectivity index (χ1n) is 14.2. The fourth-order valence-electron chi connectivity index (χ4n) is 6.42. The Bertz CT molecular complexity index is 2320. The van der Waals surface area contributed by atoms with Crippen LogP contribution in [0, 0.1) is 0 Å². The third kappa shape index (κ3) is 3.27. The lowest BCUT2D eigenvalue weighted by atomic mass is 10.2. The van der Waals surface area contributed by atoms with Gasteiger partial charge >= 0.3 is 0 Å². The maximum atomic E-state index is 5.17. The van der Waals surface area contributed by atoms with E-state index < -0.39 is 0 Å². The van der Waals surface area contributed by atoms with Gasteiger partial charge in [-0.2, -0.15) is 15.0 Å². The van der Waals surface area contributed by atoms with Gasteiger partial charge in [0.25, 0.3) is 0 Å². The Morgan fingerprint density at radius 1 is 0.289 bits per heavy atom. The molecular formula is C33H18N12. The van der Waals surface area contributed by atoms with Crippen molar-refractivity contribution in [3.8, 4) is 17.8 Å². The van der Waals surface area contributed by atoms with Gasteiger partial charge in [0.05, 0.1) is 33.1 Å². The molecule has 10 aromatic rings. The Labute approximate surface area is 252 Å². The van der Waals surface area contributed by atoms with Crippen LogP contribution in [0.3, 0.4) is 0 Å². The Morgan fingerprint density at radius 2 is 0.489 bits per heavy atom. The van der Waals surface area contributed by atoms with Crippen LogP contribution in [-0.2, 0) is 0 Å². The van der Waals surface area contributed by atoms with Crippen LogP contribution in [0.25, 0.3) is 83.3 Å². The fraction of sp³-hybridized carbons (Fsp3) is 0. The zero-order valence-corrected chi connectivity index (χ0v) is 23.3. The van der Waals surface area contributed by atoms with Gasteiger partial charge in [-0.15, -0.1) is 0 Å². The number of pyridine rings is 6.